The van der Waals surface area contributed by atoms with Gasteiger partial charge in [-0.15, -0.1) is 0 Å². The summed E-state index contributed by atoms with van der Waals surface area (Å²) in [6.45, 7) is 10.9. The van der Waals surface area contributed by atoms with Gasteiger partial charge in [-0.2, -0.15) is 0 Å². The molecule has 0 saturated heterocycles. The molecule has 2 aromatic carbocycles. The van der Waals surface area contributed by atoms with Crippen LogP contribution in [0.5, 0.6) is 0 Å². The normalized spacial score (nSPS) is 12.2. The van der Waals surface area contributed by atoms with Crippen LogP contribution in [0.1, 0.15) is 75.9 Å². The Hall–Kier alpha value is -2.95. The molecule has 32 heavy (non-hydrogen) atoms. The van der Waals surface area contributed by atoms with Crippen molar-refractivity contribution in [3.8, 4) is 5.69 Å². The minimum atomic E-state index is -0.318. The summed E-state index contributed by atoms with van der Waals surface area (Å²) in [7, 11) is 0. The molecule has 5 nitrogen and oxygen atoms in total. The van der Waals surface area contributed by atoms with Gasteiger partial charge in [-0.1, -0.05) is 51.0 Å². The maximum absolute atomic E-state index is 13.7. The zero-order chi connectivity index (χ0) is 23.3. The molecule has 170 valence electrons. The van der Waals surface area contributed by atoms with Gasteiger partial charge in [0.05, 0.1) is 22.6 Å². The Balaban J connectivity index is 2.20. The molecule has 3 rings (SSSR count). The van der Waals surface area contributed by atoms with Gasteiger partial charge in [-0.3, -0.25) is 14.2 Å². The maximum Gasteiger partial charge on any atom is 0.266 e. The van der Waals surface area contributed by atoms with E-state index in [1.165, 1.54) is 0 Å². The maximum atomic E-state index is 13.7. The quantitative estimate of drug-likeness (QED) is 0.396. The van der Waals surface area contributed by atoms with Crippen molar-refractivity contribution >= 4 is 16.8 Å². The van der Waals surface area contributed by atoms with Crippen LogP contribution in [0.2, 0.25) is 0 Å². The number of carbonyl (C=O) groups is 1. The number of aryl methyl sites for hydroxylation is 2. The highest BCUT2D eigenvalue weighted by Gasteiger charge is 2.26. The molecule has 0 aliphatic rings. The molecule has 3 aromatic rings. The average molecular weight is 434 g/mol. The van der Waals surface area contributed by atoms with Crippen LogP contribution >= 0.6 is 0 Å². The van der Waals surface area contributed by atoms with E-state index in [9.17, 15) is 9.59 Å². The topological polar surface area (TPSA) is 55.2 Å². The molecule has 1 amide bonds. The van der Waals surface area contributed by atoms with Crippen molar-refractivity contribution in [3.63, 3.8) is 0 Å². The van der Waals surface area contributed by atoms with E-state index in [0.29, 0.717) is 29.7 Å². The molecule has 1 heterocycles. The van der Waals surface area contributed by atoms with E-state index in [1.807, 2.05) is 68.1 Å². The molecular weight excluding hydrogens is 398 g/mol. The predicted octanol–water partition coefficient (Wildman–Crippen LogP) is 5.88. The molecule has 0 radical (unpaired) electrons. The van der Waals surface area contributed by atoms with Gasteiger partial charge < -0.3 is 4.90 Å². The molecule has 0 saturated carbocycles. The molecule has 0 N–H and O–H groups in total. The number of carbonyl (C=O) groups excluding carboxylic acids is 1. The Morgan fingerprint density at radius 1 is 1.06 bits per heavy atom. The minimum absolute atomic E-state index is 0.0963. The Bertz CT molecular complexity index is 1150. The molecule has 0 aliphatic carbocycles. The Labute approximate surface area is 191 Å². The number of hydrogen-bond donors (Lipinski definition) is 0. The van der Waals surface area contributed by atoms with Crippen LogP contribution in [-0.4, -0.2) is 26.9 Å². The number of unbranched alkanes of at least 4 members (excludes halogenated alkanes) is 2. The third-order valence-electron chi connectivity index (χ3n) is 6.03. The summed E-state index contributed by atoms with van der Waals surface area (Å²) in [6, 6.07) is 13.2. The number of aromatic nitrogens is 2. The summed E-state index contributed by atoms with van der Waals surface area (Å²) in [5.41, 5.74) is 3.46. The van der Waals surface area contributed by atoms with Gasteiger partial charge in [0.1, 0.15) is 5.82 Å². The van der Waals surface area contributed by atoms with E-state index in [4.69, 9.17) is 4.98 Å². The Morgan fingerprint density at radius 2 is 1.81 bits per heavy atom. The molecule has 0 aliphatic heterocycles. The molecule has 0 spiro atoms. The third-order valence-corrected chi connectivity index (χ3v) is 6.03. The predicted molar refractivity (Wildman–Crippen MR) is 131 cm³/mol. The highest BCUT2D eigenvalue weighted by atomic mass is 16.2. The summed E-state index contributed by atoms with van der Waals surface area (Å²) in [5.74, 6) is 0.738. The van der Waals surface area contributed by atoms with Crippen LogP contribution in [0.25, 0.3) is 16.6 Å². The fourth-order valence-electron chi connectivity index (χ4n) is 4.21. The Morgan fingerprint density at radius 3 is 2.53 bits per heavy atom. The molecule has 1 atom stereocenters. The minimum Gasteiger partial charge on any atom is -0.333 e. The van der Waals surface area contributed by atoms with Gasteiger partial charge in [0.15, 0.2) is 0 Å². The SMILES string of the molecule is CCCCCC(=O)N(CCC)C(C)c1nc2ccccc2c(=O)n1-c1cc(C)ccc1C. The standard InChI is InChI=1S/C27H35N3O2/c1-6-8-9-14-25(31)29(17-7-2)21(5)26-28-23-13-11-10-12-22(23)27(32)30(26)24-18-19(3)15-16-20(24)4/h10-13,15-16,18,21H,6-9,14,17H2,1-5H3. The van der Waals surface area contributed by atoms with E-state index < -0.39 is 0 Å². The first-order valence-electron chi connectivity index (χ1n) is 11.8. The second-order valence-electron chi connectivity index (χ2n) is 8.64. The summed E-state index contributed by atoms with van der Waals surface area (Å²) in [4.78, 5) is 33.7. The van der Waals surface area contributed by atoms with E-state index >= 15 is 0 Å². The lowest BCUT2D eigenvalue weighted by Gasteiger charge is -2.31. The number of fused-ring (bicyclic) bond motifs is 1. The fourth-order valence-corrected chi connectivity index (χ4v) is 4.21. The van der Waals surface area contributed by atoms with Gasteiger partial charge in [0.2, 0.25) is 5.91 Å². The third kappa shape index (κ3) is 4.93. The number of nitrogens with zero attached hydrogens (tertiary/aromatic N) is 3. The van der Waals surface area contributed by atoms with Crippen molar-refractivity contribution in [2.75, 3.05) is 6.54 Å². The lowest BCUT2D eigenvalue weighted by atomic mass is 10.1. The van der Waals surface area contributed by atoms with Crippen LogP contribution in [0.15, 0.2) is 47.3 Å². The molecular formula is C27H35N3O2. The van der Waals surface area contributed by atoms with Crippen molar-refractivity contribution in [2.24, 2.45) is 0 Å². The van der Waals surface area contributed by atoms with Gasteiger partial charge in [-0.05, 0) is 62.9 Å². The van der Waals surface area contributed by atoms with Gasteiger partial charge in [-0.25, -0.2) is 4.98 Å². The van der Waals surface area contributed by atoms with Gasteiger partial charge in [0.25, 0.3) is 5.56 Å². The molecule has 1 aromatic heterocycles. The van der Waals surface area contributed by atoms with Crippen LogP contribution < -0.4 is 5.56 Å². The van der Waals surface area contributed by atoms with E-state index in [-0.39, 0.29) is 17.5 Å². The molecule has 0 bridgehead atoms. The molecule has 0 fully saturated rings. The Kier molecular flexibility index (Phi) is 7.84. The van der Waals surface area contributed by atoms with Crippen molar-refractivity contribution in [2.45, 2.75) is 72.8 Å². The average Bonchev–Trinajstić information content (AvgIpc) is 2.79. The van der Waals surface area contributed by atoms with Gasteiger partial charge >= 0.3 is 0 Å². The highest BCUT2D eigenvalue weighted by molar-refractivity contribution is 5.79. The lowest BCUT2D eigenvalue weighted by Crippen LogP contribution is -2.38. The molecule has 5 heteroatoms. The van der Waals surface area contributed by atoms with Crippen LogP contribution in [0.4, 0.5) is 0 Å². The highest BCUT2D eigenvalue weighted by Crippen LogP contribution is 2.26. The van der Waals surface area contributed by atoms with Crippen molar-refractivity contribution in [1.29, 1.82) is 0 Å². The van der Waals surface area contributed by atoms with Crippen molar-refractivity contribution in [1.82, 2.24) is 14.5 Å². The number of amides is 1. The first kappa shape index (κ1) is 23.7. The summed E-state index contributed by atoms with van der Waals surface area (Å²) in [6.07, 6.45) is 4.39. The van der Waals surface area contributed by atoms with E-state index in [2.05, 4.69) is 13.8 Å². The number of hydrogen-bond acceptors (Lipinski definition) is 3. The second kappa shape index (κ2) is 10.6. The summed E-state index contributed by atoms with van der Waals surface area (Å²) < 4.78 is 1.72. The largest absolute Gasteiger partial charge is 0.333 e. The zero-order valence-electron chi connectivity index (χ0n) is 20.0. The monoisotopic (exact) mass is 433 g/mol. The summed E-state index contributed by atoms with van der Waals surface area (Å²) in [5, 5.41) is 0.584. The lowest BCUT2D eigenvalue weighted by molar-refractivity contribution is -0.133. The number of para-hydroxylation sites is 1. The van der Waals surface area contributed by atoms with Crippen LogP contribution in [-0.2, 0) is 4.79 Å². The fraction of sp³-hybridized carbons (Fsp3) is 0.444. The first-order chi connectivity index (χ1) is 15.4. The first-order valence-corrected chi connectivity index (χ1v) is 11.8. The van der Waals surface area contributed by atoms with Crippen molar-refractivity contribution in [3.05, 3.63) is 69.8 Å². The summed E-state index contributed by atoms with van der Waals surface area (Å²) >= 11 is 0. The van der Waals surface area contributed by atoms with E-state index in [1.54, 1.807) is 4.57 Å². The molecule has 1 unspecified atom stereocenters. The van der Waals surface area contributed by atoms with Gasteiger partial charge in [0, 0.05) is 13.0 Å². The zero-order valence-corrected chi connectivity index (χ0v) is 20.0. The number of rotatable bonds is 9. The smallest absolute Gasteiger partial charge is 0.266 e. The second-order valence-corrected chi connectivity index (χ2v) is 8.64. The number of benzene rings is 2. The van der Waals surface area contributed by atoms with Crippen molar-refractivity contribution < 1.29 is 4.79 Å². The van der Waals surface area contributed by atoms with E-state index in [0.717, 1.165) is 42.5 Å². The van der Waals surface area contributed by atoms with Crippen LogP contribution in [0, 0.1) is 13.8 Å². The van der Waals surface area contributed by atoms with Crippen LogP contribution in [0.3, 0.4) is 0 Å².